The zero-order valence-corrected chi connectivity index (χ0v) is 17.6. The third kappa shape index (κ3) is 4.59. The van der Waals surface area contributed by atoms with Gasteiger partial charge in [-0.25, -0.2) is 0 Å². The highest BCUT2D eigenvalue weighted by Crippen LogP contribution is 2.18. The molecule has 9 nitrogen and oxygen atoms in total. The highest BCUT2D eigenvalue weighted by Gasteiger charge is 2.24. The average Bonchev–Trinajstić information content (AvgIpc) is 3.24. The van der Waals surface area contributed by atoms with Gasteiger partial charge in [-0.2, -0.15) is 5.10 Å². The lowest BCUT2D eigenvalue weighted by molar-refractivity contribution is 0.0359. The lowest BCUT2D eigenvalue weighted by Crippen LogP contribution is -2.38. The molecule has 9 heteroatoms. The Morgan fingerprint density at radius 3 is 2.57 bits per heavy atom. The Hall–Kier alpha value is -2.26. The van der Waals surface area contributed by atoms with Crippen molar-refractivity contribution in [2.24, 2.45) is 7.05 Å². The highest BCUT2D eigenvalue weighted by molar-refractivity contribution is 5.92. The molecule has 0 radical (unpaired) electrons. The number of carbonyl (C=O) groups is 1. The van der Waals surface area contributed by atoms with Crippen LogP contribution in [0.1, 0.15) is 41.3 Å². The standard InChI is InChI=1S/C19H31N7O2/c1-14(2)26(12-17-15(3)21-23(5)16(17)4)19(27)18-13-25(22-20-18)7-6-24-8-10-28-11-9-24/h13-14H,6-12H2,1-5H3. The number of aryl methyl sites for hydroxylation is 2. The van der Waals surface area contributed by atoms with Crippen LogP contribution in [0.5, 0.6) is 0 Å². The molecule has 0 N–H and O–H groups in total. The van der Waals surface area contributed by atoms with Crippen LogP contribution in [0.25, 0.3) is 0 Å². The minimum atomic E-state index is -0.102. The first-order valence-corrected chi connectivity index (χ1v) is 9.87. The van der Waals surface area contributed by atoms with Crippen molar-refractivity contribution in [3.8, 4) is 0 Å². The van der Waals surface area contributed by atoms with E-state index in [0.29, 0.717) is 18.8 Å². The van der Waals surface area contributed by atoms with Gasteiger partial charge in [0.25, 0.3) is 5.91 Å². The number of morpholine rings is 1. The minimum absolute atomic E-state index is 0.0463. The van der Waals surface area contributed by atoms with Crippen LogP contribution in [0.15, 0.2) is 6.20 Å². The van der Waals surface area contributed by atoms with Gasteiger partial charge in [0.15, 0.2) is 5.69 Å². The molecule has 0 aromatic carbocycles. The van der Waals surface area contributed by atoms with Crippen LogP contribution in [0, 0.1) is 13.8 Å². The summed E-state index contributed by atoms with van der Waals surface area (Å²) in [6.07, 6.45) is 1.75. The van der Waals surface area contributed by atoms with E-state index >= 15 is 0 Å². The molecule has 1 fully saturated rings. The first kappa shape index (κ1) is 20.5. The number of rotatable bonds is 7. The van der Waals surface area contributed by atoms with Crippen molar-refractivity contribution in [1.82, 2.24) is 34.6 Å². The van der Waals surface area contributed by atoms with E-state index in [0.717, 1.165) is 49.8 Å². The molecule has 3 heterocycles. The van der Waals surface area contributed by atoms with Crippen LogP contribution in [0.4, 0.5) is 0 Å². The molecule has 2 aromatic rings. The maximum absolute atomic E-state index is 13.1. The zero-order valence-electron chi connectivity index (χ0n) is 17.6. The summed E-state index contributed by atoms with van der Waals surface area (Å²) in [7, 11) is 1.92. The molecule has 1 amide bonds. The van der Waals surface area contributed by atoms with Crippen LogP contribution in [-0.4, -0.2) is 79.4 Å². The lowest BCUT2D eigenvalue weighted by Gasteiger charge is -2.26. The maximum atomic E-state index is 13.1. The van der Waals surface area contributed by atoms with E-state index in [2.05, 4.69) is 20.3 Å². The fourth-order valence-electron chi connectivity index (χ4n) is 3.43. The van der Waals surface area contributed by atoms with E-state index in [-0.39, 0.29) is 11.9 Å². The van der Waals surface area contributed by atoms with Gasteiger partial charge in [-0.05, 0) is 27.7 Å². The average molecular weight is 390 g/mol. The molecule has 28 heavy (non-hydrogen) atoms. The van der Waals surface area contributed by atoms with Gasteiger partial charge < -0.3 is 9.64 Å². The van der Waals surface area contributed by atoms with Gasteiger partial charge >= 0.3 is 0 Å². The summed E-state index contributed by atoms with van der Waals surface area (Å²) in [6.45, 7) is 13.6. The number of nitrogens with zero attached hydrogens (tertiary/aromatic N) is 7. The summed E-state index contributed by atoms with van der Waals surface area (Å²) in [4.78, 5) is 17.3. The fourth-order valence-corrected chi connectivity index (χ4v) is 3.43. The van der Waals surface area contributed by atoms with E-state index in [1.165, 1.54) is 0 Å². The second-order valence-corrected chi connectivity index (χ2v) is 7.62. The van der Waals surface area contributed by atoms with Crippen molar-refractivity contribution >= 4 is 5.91 Å². The second-order valence-electron chi connectivity index (χ2n) is 7.62. The van der Waals surface area contributed by atoms with E-state index < -0.39 is 0 Å². The lowest BCUT2D eigenvalue weighted by atomic mass is 10.1. The number of ether oxygens (including phenoxy) is 1. The van der Waals surface area contributed by atoms with Crippen LogP contribution in [-0.2, 0) is 24.9 Å². The van der Waals surface area contributed by atoms with Gasteiger partial charge in [0.05, 0.1) is 31.6 Å². The summed E-state index contributed by atoms with van der Waals surface area (Å²) in [5.74, 6) is -0.102. The van der Waals surface area contributed by atoms with Crippen molar-refractivity contribution in [3.05, 3.63) is 28.8 Å². The molecule has 3 rings (SSSR count). The predicted molar refractivity (Wildman–Crippen MR) is 105 cm³/mol. The molecule has 0 aliphatic carbocycles. The molecule has 0 spiro atoms. The van der Waals surface area contributed by atoms with Crippen molar-refractivity contribution in [2.75, 3.05) is 32.8 Å². The van der Waals surface area contributed by atoms with Crippen molar-refractivity contribution in [2.45, 2.75) is 46.8 Å². The monoisotopic (exact) mass is 389 g/mol. The SMILES string of the molecule is Cc1nn(C)c(C)c1CN(C(=O)c1cn(CCN2CCOCC2)nn1)C(C)C. The van der Waals surface area contributed by atoms with Gasteiger partial charge in [0.2, 0.25) is 0 Å². The number of hydrogen-bond acceptors (Lipinski definition) is 6. The van der Waals surface area contributed by atoms with Gasteiger partial charge in [0.1, 0.15) is 0 Å². The smallest absolute Gasteiger partial charge is 0.276 e. The van der Waals surface area contributed by atoms with Crippen molar-refractivity contribution < 1.29 is 9.53 Å². The number of hydrogen-bond donors (Lipinski definition) is 0. The Balaban J connectivity index is 1.67. The first-order valence-electron chi connectivity index (χ1n) is 9.87. The number of carbonyl (C=O) groups excluding carboxylic acids is 1. The van der Waals surface area contributed by atoms with Crippen molar-refractivity contribution in [1.29, 1.82) is 0 Å². The van der Waals surface area contributed by atoms with Gasteiger partial charge in [-0.3, -0.25) is 19.1 Å². The molecule has 0 unspecified atom stereocenters. The Morgan fingerprint density at radius 1 is 1.25 bits per heavy atom. The highest BCUT2D eigenvalue weighted by atomic mass is 16.5. The molecule has 154 valence electrons. The van der Waals surface area contributed by atoms with Crippen LogP contribution in [0.2, 0.25) is 0 Å². The molecule has 1 aliphatic rings. The zero-order chi connectivity index (χ0) is 20.3. The maximum Gasteiger partial charge on any atom is 0.276 e. The topological polar surface area (TPSA) is 81.3 Å². The summed E-state index contributed by atoms with van der Waals surface area (Å²) >= 11 is 0. The van der Waals surface area contributed by atoms with E-state index in [1.54, 1.807) is 10.9 Å². The van der Waals surface area contributed by atoms with Gasteiger partial charge in [-0.1, -0.05) is 5.21 Å². The molecule has 0 saturated carbocycles. The fraction of sp³-hybridized carbons (Fsp3) is 0.684. The Bertz CT molecular complexity index is 805. The molecule has 1 aliphatic heterocycles. The molecule has 1 saturated heterocycles. The number of amides is 1. The predicted octanol–water partition coefficient (Wildman–Crippen LogP) is 1.01. The molecule has 0 atom stereocenters. The van der Waals surface area contributed by atoms with Crippen LogP contribution < -0.4 is 0 Å². The summed E-state index contributed by atoms with van der Waals surface area (Å²) in [5, 5.41) is 12.7. The first-order chi connectivity index (χ1) is 13.4. The van der Waals surface area contributed by atoms with E-state index in [4.69, 9.17) is 4.74 Å². The third-order valence-electron chi connectivity index (χ3n) is 5.38. The second kappa shape index (κ2) is 8.83. The Morgan fingerprint density at radius 2 is 1.96 bits per heavy atom. The summed E-state index contributed by atoms with van der Waals surface area (Å²) in [6, 6.07) is 0.0463. The molecular formula is C19H31N7O2. The minimum Gasteiger partial charge on any atom is -0.379 e. The molecule has 0 bridgehead atoms. The Kier molecular flexibility index (Phi) is 6.46. The number of aromatic nitrogens is 5. The molecular weight excluding hydrogens is 358 g/mol. The summed E-state index contributed by atoms with van der Waals surface area (Å²) < 4.78 is 8.98. The third-order valence-corrected chi connectivity index (χ3v) is 5.38. The van der Waals surface area contributed by atoms with Gasteiger partial charge in [-0.15, -0.1) is 5.10 Å². The van der Waals surface area contributed by atoms with E-state index in [9.17, 15) is 4.79 Å². The quantitative estimate of drug-likeness (QED) is 0.703. The van der Waals surface area contributed by atoms with Crippen LogP contribution in [0.3, 0.4) is 0 Å². The largest absolute Gasteiger partial charge is 0.379 e. The Labute approximate surface area is 166 Å². The van der Waals surface area contributed by atoms with Crippen molar-refractivity contribution in [3.63, 3.8) is 0 Å². The van der Waals surface area contributed by atoms with Crippen LogP contribution >= 0.6 is 0 Å². The summed E-state index contributed by atoms with van der Waals surface area (Å²) in [5.41, 5.74) is 3.50. The van der Waals surface area contributed by atoms with Gasteiger partial charge in [0, 0.05) is 50.5 Å². The molecule has 2 aromatic heterocycles. The normalized spacial score (nSPS) is 15.4. The van der Waals surface area contributed by atoms with E-state index in [1.807, 2.05) is 44.3 Å².